The molecule has 1 aliphatic rings. The summed E-state index contributed by atoms with van der Waals surface area (Å²) in [5.74, 6) is 0. The average Bonchev–Trinajstić information content (AvgIpc) is 3.36. The van der Waals surface area contributed by atoms with Gasteiger partial charge in [-0.15, -0.1) is 0 Å². The molecule has 2 nitrogen and oxygen atoms in total. The van der Waals surface area contributed by atoms with E-state index in [0.717, 1.165) is 29.2 Å². The predicted octanol–water partition coefficient (Wildman–Crippen LogP) is 11.3. The Morgan fingerprint density at radius 2 is 0.837 bits per heavy atom. The van der Waals surface area contributed by atoms with Crippen LogP contribution in [0.3, 0.4) is 0 Å². The highest BCUT2D eigenvalue weighted by atomic mass is 14.9. The summed E-state index contributed by atoms with van der Waals surface area (Å²) in [6.07, 6.45) is 0.923. The van der Waals surface area contributed by atoms with Gasteiger partial charge in [-0.1, -0.05) is 83.9 Å². The SMILES string of the molecule is Cc1ccc(Nc2ccc3c(c2)Cc2cc(Nc4ccc(C)cc4-c4ccccc4C)ccc2-3)c(-c2ccccc2C)c1. The van der Waals surface area contributed by atoms with Crippen LogP contribution < -0.4 is 10.6 Å². The van der Waals surface area contributed by atoms with Gasteiger partial charge in [0.05, 0.1) is 0 Å². The van der Waals surface area contributed by atoms with Gasteiger partial charge in [-0.25, -0.2) is 0 Å². The minimum Gasteiger partial charge on any atom is -0.355 e. The predicted molar refractivity (Wildman–Crippen MR) is 184 cm³/mol. The van der Waals surface area contributed by atoms with E-state index in [1.807, 2.05) is 0 Å². The van der Waals surface area contributed by atoms with Crippen LogP contribution >= 0.6 is 0 Å². The van der Waals surface area contributed by atoms with Crippen LogP contribution in [0.4, 0.5) is 22.7 Å². The first kappa shape index (κ1) is 26.8. The Balaban J connectivity index is 1.16. The number of anilines is 4. The van der Waals surface area contributed by atoms with Crippen molar-refractivity contribution >= 4 is 22.7 Å². The average molecular weight is 557 g/mol. The molecule has 1 aliphatic carbocycles. The molecular weight excluding hydrogens is 520 g/mol. The minimum atomic E-state index is 0.923. The van der Waals surface area contributed by atoms with Crippen molar-refractivity contribution in [2.24, 2.45) is 0 Å². The fraction of sp³-hybridized carbons (Fsp3) is 0.122. The van der Waals surface area contributed by atoms with Gasteiger partial charge < -0.3 is 10.6 Å². The van der Waals surface area contributed by atoms with Crippen LogP contribution in [0.5, 0.6) is 0 Å². The van der Waals surface area contributed by atoms with Crippen LogP contribution in [0.15, 0.2) is 121 Å². The fourth-order valence-electron chi connectivity index (χ4n) is 6.41. The van der Waals surface area contributed by atoms with E-state index in [1.165, 1.54) is 66.8 Å². The molecule has 0 saturated carbocycles. The summed E-state index contributed by atoms with van der Waals surface area (Å²) in [5, 5.41) is 7.49. The third-order valence-electron chi connectivity index (χ3n) is 8.66. The molecule has 0 saturated heterocycles. The van der Waals surface area contributed by atoms with Crippen molar-refractivity contribution in [2.45, 2.75) is 34.1 Å². The van der Waals surface area contributed by atoms with Crippen molar-refractivity contribution in [1.29, 1.82) is 0 Å². The Morgan fingerprint density at radius 3 is 1.28 bits per heavy atom. The van der Waals surface area contributed by atoms with E-state index < -0.39 is 0 Å². The molecule has 43 heavy (non-hydrogen) atoms. The highest BCUT2D eigenvalue weighted by Crippen LogP contribution is 2.41. The molecule has 6 aromatic carbocycles. The van der Waals surface area contributed by atoms with Crippen LogP contribution in [0, 0.1) is 27.7 Å². The maximum Gasteiger partial charge on any atom is 0.0464 e. The van der Waals surface area contributed by atoms with Gasteiger partial charge in [0.1, 0.15) is 0 Å². The molecule has 7 rings (SSSR count). The molecule has 2 N–H and O–H groups in total. The lowest BCUT2D eigenvalue weighted by Gasteiger charge is -2.16. The third-order valence-corrected chi connectivity index (χ3v) is 8.66. The molecule has 0 radical (unpaired) electrons. The van der Waals surface area contributed by atoms with Crippen LogP contribution in [-0.4, -0.2) is 0 Å². The first-order chi connectivity index (χ1) is 20.9. The van der Waals surface area contributed by atoms with Gasteiger partial charge in [-0.3, -0.25) is 0 Å². The second kappa shape index (κ2) is 11.0. The number of hydrogen-bond acceptors (Lipinski definition) is 2. The Morgan fingerprint density at radius 1 is 0.395 bits per heavy atom. The number of benzene rings is 6. The summed E-state index contributed by atoms with van der Waals surface area (Å²) in [6.45, 7) is 8.67. The standard InChI is InChI=1S/C41H36N2/c1-26-13-19-40(38(21-26)34-11-7-5-9-28(34)3)42-32-15-17-36-30(24-32)23-31-25-33(16-18-37(31)36)43-41-20-14-27(2)22-39(41)35-12-8-6-10-29(35)4/h5-22,24-25,42-43H,23H2,1-4H3. The smallest absolute Gasteiger partial charge is 0.0464 e. The van der Waals surface area contributed by atoms with Gasteiger partial charge in [-0.2, -0.15) is 0 Å². The molecule has 0 fully saturated rings. The zero-order valence-corrected chi connectivity index (χ0v) is 25.3. The van der Waals surface area contributed by atoms with Gasteiger partial charge >= 0.3 is 0 Å². The molecule has 0 spiro atoms. The second-order valence-electron chi connectivity index (χ2n) is 11.9. The second-order valence-corrected chi connectivity index (χ2v) is 11.9. The van der Waals surface area contributed by atoms with Crippen LogP contribution in [-0.2, 0) is 6.42 Å². The first-order valence-corrected chi connectivity index (χ1v) is 15.1. The lowest BCUT2D eigenvalue weighted by molar-refractivity contribution is 1.26. The molecule has 0 aliphatic heterocycles. The summed E-state index contributed by atoms with van der Waals surface area (Å²) in [6, 6.07) is 44.1. The monoisotopic (exact) mass is 556 g/mol. The molecule has 0 atom stereocenters. The normalized spacial score (nSPS) is 11.6. The van der Waals surface area contributed by atoms with Crippen molar-refractivity contribution < 1.29 is 0 Å². The zero-order chi connectivity index (χ0) is 29.5. The summed E-state index contributed by atoms with van der Waals surface area (Å²) in [5.41, 5.74) is 19.9. The highest BCUT2D eigenvalue weighted by Gasteiger charge is 2.20. The van der Waals surface area contributed by atoms with E-state index in [9.17, 15) is 0 Å². The van der Waals surface area contributed by atoms with Gasteiger partial charge in [0.25, 0.3) is 0 Å². The van der Waals surface area contributed by atoms with Gasteiger partial charge in [0, 0.05) is 33.9 Å². The van der Waals surface area contributed by atoms with Crippen molar-refractivity contribution in [1.82, 2.24) is 0 Å². The summed E-state index contributed by atoms with van der Waals surface area (Å²) >= 11 is 0. The first-order valence-electron chi connectivity index (χ1n) is 15.1. The van der Waals surface area contributed by atoms with E-state index in [0.29, 0.717) is 0 Å². The van der Waals surface area contributed by atoms with E-state index >= 15 is 0 Å². The molecule has 210 valence electrons. The number of fused-ring (bicyclic) bond motifs is 3. The maximum atomic E-state index is 3.74. The molecule has 0 aromatic heterocycles. The molecule has 2 heteroatoms. The van der Waals surface area contributed by atoms with Gasteiger partial charge in [0.15, 0.2) is 0 Å². The summed E-state index contributed by atoms with van der Waals surface area (Å²) < 4.78 is 0. The number of rotatable bonds is 6. The molecule has 0 heterocycles. The highest BCUT2D eigenvalue weighted by molar-refractivity contribution is 5.87. The molecular formula is C41H36N2. The van der Waals surface area contributed by atoms with Crippen LogP contribution in [0.25, 0.3) is 33.4 Å². The van der Waals surface area contributed by atoms with Gasteiger partial charge in [0.2, 0.25) is 0 Å². The van der Waals surface area contributed by atoms with E-state index in [-0.39, 0.29) is 0 Å². The van der Waals surface area contributed by atoms with Crippen molar-refractivity contribution in [3.63, 3.8) is 0 Å². The van der Waals surface area contributed by atoms with Crippen molar-refractivity contribution in [2.75, 3.05) is 10.6 Å². The molecule has 0 amide bonds. The van der Waals surface area contributed by atoms with E-state index in [2.05, 4.69) is 160 Å². The van der Waals surface area contributed by atoms with Crippen LogP contribution in [0.1, 0.15) is 33.4 Å². The largest absolute Gasteiger partial charge is 0.355 e. The van der Waals surface area contributed by atoms with E-state index in [4.69, 9.17) is 0 Å². The van der Waals surface area contributed by atoms with Crippen LogP contribution in [0.2, 0.25) is 0 Å². The topological polar surface area (TPSA) is 24.1 Å². The maximum absolute atomic E-state index is 3.74. The number of nitrogens with one attached hydrogen (secondary N) is 2. The fourth-order valence-corrected chi connectivity index (χ4v) is 6.41. The minimum absolute atomic E-state index is 0.923. The Bertz CT molecular complexity index is 1850. The van der Waals surface area contributed by atoms with Gasteiger partial charge in [-0.05, 0) is 127 Å². The van der Waals surface area contributed by atoms with Crippen molar-refractivity contribution in [3.05, 3.63) is 155 Å². The Kier molecular flexibility index (Phi) is 6.83. The summed E-state index contributed by atoms with van der Waals surface area (Å²) in [7, 11) is 0. The van der Waals surface area contributed by atoms with E-state index in [1.54, 1.807) is 0 Å². The molecule has 0 unspecified atom stereocenters. The number of aryl methyl sites for hydroxylation is 4. The Labute approximate surface area is 255 Å². The quantitative estimate of drug-likeness (QED) is 0.213. The molecule has 0 bridgehead atoms. The van der Waals surface area contributed by atoms with Crippen molar-refractivity contribution in [3.8, 4) is 33.4 Å². The lowest BCUT2D eigenvalue weighted by atomic mass is 9.97. The lowest BCUT2D eigenvalue weighted by Crippen LogP contribution is -1.96. The Hall–Kier alpha value is -5.08. The number of hydrogen-bond donors (Lipinski definition) is 2. The summed E-state index contributed by atoms with van der Waals surface area (Å²) in [4.78, 5) is 0. The zero-order valence-electron chi connectivity index (χ0n) is 25.3. The molecule has 6 aromatic rings. The third kappa shape index (κ3) is 5.21.